The maximum Gasteiger partial charge on any atom is 0.272 e. The third-order valence-corrected chi connectivity index (χ3v) is 4.07. The summed E-state index contributed by atoms with van der Waals surface area (Å²) in [5, 5.41) is 8.44. The standard InChI is InChI=1S/C16H12ClN5O/c17-10-3-4-22-14(8-19-15(22)6-10)9-1-2-11-12(5-9)13(7-18)20-21-16(11)23/h1-6,8H,7,18H2,(H,21,23). The number of benzene rings is 1. The van der Waals surface area contributed by atoms with Gasteiger partial charge in [0.1, 0.15) is 5.65 Å². The molecule has 0 fully saturated rings. The summed E-state index contributed by atoms with van der Waals surface area (Å²) in [6, 6.07) is 9.18. The Morgan fingerprint density at radius 3 is 2.91 bits per heavy atom. The van der Waals surface area contributed by atoms with E-state index in [1.165, 1.54) is 0 Å². The Morgan fingerprint density at radius 1 is 1.22 bits per heavy atom. The first-order chi connectivity index (χ1) is 11.2. The van der Waals surface area contributed by atoms with Gasteiger partial charge in [-0.25, -0.2) is 10.1 Å². The van der Waals surface area contributed by atoms with Crippen molar-refractivity contribution in [3.05, 3.63) is 63.8 Å². The second-order valence-corrected chi connectivity index (χ2v) is 5.62. The average Bonchev–Trinajstić information content (AvgIpc) is 2.98. The number of aromatic amines is 1. The van der Waals surface area contributed by atoms with Crippen molar-refractivity contribution in [2.75, 3.05) is 0 Å². The number of rotatable bonds is 2. The summed E-state index contributed by atoms with van der Waals surface area (Å²) in [6.07, 6.45) is 3.64. The molecule has 0 unspecified atom stereocenters. The molecule has 0 aliphatic carbocycles. The van der Waals surface area contributed by atoms with Crippen molar-refractivity contribution in [3.8, 4) is 11.3 Å². The lowest BCUT2D eigenvalue weighted by Crippen LogP contribution is -2.13. The summed E-state index contributed by atoms with van der Waals surface area (Å²) >= 11 is 6.00. The SMILES string of the molecule is NCc1n[nH]c(=O)c2ccc(-c3cnc4cc(Cl)ccn34)cc12. The van der Waals surface area contributed by atoms with Crippen LogP contribution in [0, 0.1) is 0 Å². The lowest BCUT2D eigenvalue weighted by Gasteiger charge is -2.06. The number of hydrogen-bond donors (Lipinski definition) is 2. The number of imidazole rings is 1. The van der Waals surface area contributed by atoms with Crippen molar-refractivity contribution < 1.29 is 0 Å². The number of pyridine rings is 1. The Hall–Kier alpha value is -2.70. The summed E-state index contributed by atoms with van der Waals surface area (Å²) in [7, 11) is 0. The van der Waals surface area contributed by atoms with Gasteiger partial charge in [-0.05, 0) is 18.2 Å². The minimum absolute atomic E-state index is 0.228. The number of halogens is 1. The zero-order valence-electron chi connectivity index (χ0n) is 12.0. The number of H-pyrrole nitrogens is 1. The highest BCUT2D eigenvalue weighted by molar-refractivity contribution is 6.30. The van der Waals surface area contributed by atoms with Gasteiger partial charge in [0.15, 0.2) is 0 Å². The van der Waals surface area contributed by atoms with Crippen LogP contribution in [-0.2, 0) is 6.54 Å². The molecule has 7 heteroatoms. The number of aromatic nitrogens is 4. The van der Waals surface area contributed by atoms with E-state index in [9.17, 15) is 4.79 Å². The molecule has 6 nitrogen and oxygen atoms in total. The van der Waals surface area contributed by atoms with E-state index in [1.54, 1.807) is 24.4 Å². The van der Waals surface area contributed by atoms with E-state index in [-0.39, 0.29) is 12.1 Å². The van der Waals surface area contributed by atoms with Crippen LogP contribution >= 0.6 is 11.6 Å². The van der Waals surface area contributed by atoms with E-state index in [4.69, 9.17) is 17.3 Å². The van der Waals surface area contributed by atoms with Crippen LogP contribution in [0.1, 0.15) is 5.69 Å². The fourth-order valence-corrected chi connectivity index (χ4v) is 2.86. The van der Waals surface area contributed by atoms with Crippen LogP contribution in [0.15, 0.2) is 47.5 Å². The van der Waals surface area contributed by atoms with E-state index >= 15 is 0 Å². The van der Waals surface area contributed by atoms with Crippen molar-refractivity contribution in [1.82, 2.24) is 19.6 Å². The zero-order chi connectivity index (χ0) is 16.0. The number of nitrogens with one attached hydrogen (secondary N) is 1. The van der Waals surface area contributed by atoms with Gasteiger partial charge in [0.25, 0.3) is 5.56 Å². The first kappa shape index (κ1) is 13.9. The maximum absolute atomic E-state index is 11.9. The molecule has 0 aliphatic heterocycles. The van der Waals surface area contributed by atoms with E-state index in [2.05, 4.69) is 15.2 Å². The van der Waals surface area contributed by atoms with Gasteiger partial charge in [0.2, 0.25) is 0 Å². The number of hydrogen-bond acceptors (Lipinski definition) is 4. The van der Waals surface area contributed by atoms with Gasteiger partial charge in [0, 0.05) is 34.8 Å². The van der Waals surface area contributed by atoms with Crippen LogP contribution < -0.4 is 11.3 Å². The Balaban J connectivity index is 1.99. The molecule has 0 spiro atoms. The van der Waals surface area contributed by atoms with E-state index in [1.807, 2.05) is 22.7 Å². The minimum Gasteiger partial charge on any atom is -0.325 e. The maximum atomic E-state index is 11.9. The lowest BCUT2D eigenvalue weighted by molar-refractivity contribution is 0.900. The van der Waals surface area contributed by atoms with Crippen LogP contribution in [0.3, 0.4) is 0 Å². The van der Waals surface area contributed by atoms with Gasteiger partial charge in [-0.3, -0.25) is 9.20 Å². The molecule has 1 aromatic carbocycles. The molecular weight excluding hydrogens is 314 g/mol. The molecule has 114 valence electrons. The largest absolute Gasteiger partial charge is 0.325 e. The van der Waals surface area contributed by atoms with Crippen LogP contribution in [0.5, 0.6) is 0 Å². The van der Waals surface area contributed by atoms with Crippen LogP contribution in [-0.4, -0.2) is 19.6 Å². The van der Waals surface area contributed by atoms with Gasteiger partial charge >= 0.3 is 0 Å². The monoisotopic (exact) mass is 325 g/mol. The van der Waals surface area contributed by atoms with Gasteiger partial charge in [-0.15, -0.1) is 0 Å². The molecular formula is C16H12ClN5O. The second-order valence-electron chi connectivity index (χ2n) is 5.18. The first-order valence-electron chi connectivity index (χ1n) is 7.02. The highest BCUT2D eigenvalue weighted by Gasteiger charge is 2.10. The third-order valence-electron chi connectivity index (χ3n) is 3.83. The summed E-state index contributed by atoms with van der Waals surface area (Å²) in [5.41, 5.74) is 8.74. The van der Waals surface area contributed by atoms with Gasteiger partial charge < -0.3 is 5.73 Å². The van der Waals surface area contributed by atoms with Crippen LogP contribution in [0.25, 0.3) is 27.7 Å². The number of fused-ring (bicyclic) bond motifs is 2. The molecule has 3 N–H and O–H groups in total. The Morgan fingerprint density at radius 2 is 2.09 bits per heavy atom. The third kappa shape index (κ3) is 2.19. The second kappa shape index (κ2) is 5.19. The van der Waals surface area contributed by atoms with E-state index < -0.39 is 0 Å². The quantitative estimate of drug-likeness (QED) is 0.592. The predicted molar refractivity (Wildman–Crippen MR) is 89.5 cm³/mol. The lowest BCUT2D eigenvalue weighted by atomic mass is 10.1. The summed E-state index contributed by atoms with van der Waals surface area (Å²) < 4.78 is 1.94. The van der Waals surface area contributed by atoms with Gasteiger partial charge in [-0.2, -0.15) is 5.10 Å². The Bertz CT molecular complexity index is 1100. The molecule has 0 saturated heterocycles. The Kier molecular flexibility index (Phi) is 3.14. The smallest absolute Gasteiger partial charge is 0.272 e. The van der Waals surface area contributed by atoms with Crippen molar-refractivity contribution in [2.24, 2.45) is 5.73 Å². The molecule has 0 saturated carbocycles. The summed E-state index contributed by atoms with van der Waals surface area (Å²) in [4.78, 5) is 16.3. The van der Waals surface area contributed by atoms with E-state index in [0.29, 0.717) is 16.1 Å². The summed E-state index contributed by atoms with van der Waals surface area (Å²) in [6.45, 7) is 0.249. The first-order valence-corrected chi connectivity index (χ1v) is 7.39. The highest BCUT2D eigenvalue weighted by atomic mass is 35.5. The van der Waals surface area contributed by atoms with Crippen molar-refractivity contribution >= 4 is 28.0 Å². The normalized spacial score (nSPS) is 11.4. The van der Waals surface area contributed by atoms with E-state index in [0.717, 1.165) is 22.3 Å². The molecule has 0 amide bonds. The van der Waals surface area contributed by atoms with Gasteiger partial charge in [-0.1, -0.05) is 17.7 Å². The fraction of sp³-hybridized carbons (Fsp3) is 0.0625. The predicted octanol–water partition coefficient (Wildman–Crippen LogP) is 2.35. The van der Waals surface area contributed by atoms with Crippen molar-refractivity contribution in [1.29, 1.82) is 0 Å². The van der Waals surface area contributed by atoms with Gasteiger partial charge in [0.05, 0.1) is 23.0 Å². The molecule has 3 heterocycles. The molecule has 23 heavy (non-hydrogen) atoms. The minimum atomic E-state index is -0.228. The fourth-order valence-electron chi connectivity index (χ4n) is 2.70. The highest BCUT2D eigenvalue weighted by Crippen LogP contribution is 2.26. The Labute approximate surface area is 135 Å². The molecule has 4 aromatic rings. The van der Waals surface area contributed by atoms with Crippen LogP contribution in [0.2, 0.25) is 5.02 Å². The van der Waals surface area contributed by atoms with Crippen LogP contribution in [0.4, 0.5) is 0 Å². The molecule has 0 aliphatic rings. The molecule has 0 atom stereocenters. The topological polar surface area (TPSA) is 89.1 Å². The molecule has 0 bridgehead atoms. The molecule has 0 radical (unpaired) electrons. The number of nitrogens with zero attached hydrogens (tertiary/aromatic N) is 3. The van der Waals surface area contributed by atoms with Crippen molar-refractivity contribution in [2.45, 2.75) is 6.54 Å². The summed E-state index contributed by atoms with van der Waals surface area (Å²) in [5.74, 6) is 0. The molecule has 4 rings (SSSR count). The number of nitrogens with two attached hydrogens (primary N) is 1. The van der Waals surface area contributed by atoms with Crippen molar-refractivity contribution in [3.63, 3.8) is 0 Å². The molecule has 3 aromatic heterocycles. The zero-order valence-corrected chi connectivity index (χ0v) is 12.7. The average molecular weight is 326 g/mol.